The maximum Gasteiger partial charge on any atom is 0.313 e. The molecule has 0 aromatic carbocycles. The highest BCUT2D eigenvalue weighted by Crippen LogP contribution is 2.36. The number of nitrogens with zero attached hydrogens (tertiary/aromatic N) is 1. The lowest BCUT2D eigenvalue weighted by molar-refractivity contribution is -0.161. The second-order valence-corrected chi connectivity index (χ2v) is 6.51. The minimum atomic E-state index is -0.457. The van der Waals surface area contributed by atoms with Crippen LogP contribution in [0.5, 0.6) is 0 Å². The fourth-order valence-corrected chi connectivity index (χ4v) is 3.36. The Bertz CT molecular complexity index is 506. The number of rotatable bonds is 7. The van der Waals surface area contributed by atoms with E-state index in [0.717, 1.165) is 37.5 Å². The summed E-state index contributed by atoms with van der Waals surface area (Å²) in [7, 11) is 1.67. The second-order valence-electron chi connectivity index (χ2n) is 6.51. The molecule has 0 saturated carbocycles. The Labute approximate surface area is 138 Å². The fourth-order valence-electron chi connectivity index (χ4n) is 3.36. The summed E-state index contributed by atoms with van der Waals surface area (Å²) in [6, 6.07) is 2.09. The standard InChI is InChI=1S/C18H29NO4/c1-5-22-17(20)18(8-10-21-4)7-6-9-19(13-18)12-16-11-14(2)15(3)23-16/h11H,5-10,12-13H2,1-4H3. The van der Waals surface area contributed by atoms with Crippen LogP contribution in [-0.4, -0.2) is 44.3 Å². The molecule has 5 nitrogen and oxygen atoms in total. The number of methoxy groups -OCH3 is 1. The minimum absolute atomic E-state index is 0.0893. The third kappa shape index (κ3) is 4.36. The van der Waals surface area contributed by atoms with Crippen molar-refractivity contribution in [1.29, 1.82) is 0 Å². The summed E-state index contributed by atoms with van der Waals surface area (Å²) in [5.74, 6) is 1.84. The second kappa shape index (κ2) is 7.97. The van der Waals surface area contributed by atoms with E-state index < -0.39 is 5.41 Å². The number of furan rings is 1. The molecule has 1 aliphatic rings. The van der Waals surface area contributed by atoms with E-state index >= 15 is 0 Å². The molecule has 1 aromatic heterocycles. The quantitative estimate of drug-likeness (QED) is 0.722. The molecule has 1 aromatic rings. The third-order valence-corrected chi connectivity index (χ3v) is 4.75. The molecule has 1 saturated heterocycles. The van der Waals surface area contributed by atoms with Crippen molar-refractivity contribution in [1.82, 2.24) is 4.90 Å². The largest absolute Gasteiger partial charge is 0.466 e. The number of esters is 1. The average molecular weight is 323 g/mol. The summed E-state index contributed by atoms with van der Waals surface area (Å²) in [4.78, 5) is 14.9. The van der Waals surface area contributed by atoms with E-state index in [1.54, 1.807) is 7.11 Å². The van der Waals surface area contributed by atoms with Gasteiger partial charge in [0.05, 0.1) is 18.6 Å². The van der Waals surface area contributed by atoms with Crippen LogP contribution in [0.3, 0.4) is 0 Å². The summed E-state index contributed by atoms with van der Waals surface area (Å²) in [5.41, 5.74) is 0.717. The Balaban J connectivity index is 2.09. The summed E-state index contributed by atoms with van der Waals surface area (Å²) >= 11 is 0. The molecular formula is C18H29NO4. The van der Waals surface area contributed by atoms with Gasteiger partial charge in [-0.2, -0.15) is 0 Å². The van der Waals surface area contributed by atoms with Crippen LogP contribution in [0.15, 0.2) is 10.5 Å². The van der Waals surface area contributed by atoms with Gasteiger partial charge in [0.15, 0.2) is 0 Å². The third-order valence-electron chi connectivity index (χ3n) is 4.75. The van der Waals surface area contributed by atoms with Crippen LogP contribution >= 0.6 is 0 Å². The van der Waals surface area contributed by atoms with Crippen molar-refractivity contribution in [3.8, 4) is 0 Å². The van der Waals surface area contributed by atoms with Crippen LogP contribution in [0, 0.1) is 19.3 Å². The first-order chi connectivity index (χ1) is 11.0. The molecule has 0 amide bonds. The predicted octanol–water partition coefficient (Wildman–Crippen LogP) is 3.08. The molecule has 0 N–H and O–H groups in total. The van der Waals surface area contributed by atoms with Gasteiger partial charge >= 0.3 is 5.97 Å². The van der Waals surface area contributed by atoms with Crippen molar-refractivity contribution in [2.24, 2.45) is 5.41 Å². The van der Waals surface area contributed by atoms with Gasteiger partial charge in [0.25, 0.3) is 0 Å². The molecule has 130 valence electrons. The molecule has 0 spiro atoms. The van der Waals surface area contributed by atoms with Gasteiger partial charge in [0.1, 0.15) is 11.5 Å². The first kappa shape index (κ1) is 18.0. The Morgan fingerprint density at radius 1 is 1.43 bits per heavy atom. The molecule has 0 radical (unpaired) electrons. The lowest BCUT2D eigenvalue weighted by Gasteiger charge is -2.40. The first-order valence-electron chi connectivity index (χ1n) is 8.45. The molecule has 1 atom stereocenters. The molecule has 2 rings (SSSR count). The maximum absolute atomic E-state index is 12.6. The number of likely N-dealkylation sites (tertiary alicyclic amines) is 1. The van der Waals surface area contributed by atoms with E-state index in [2.05, 4.69) is 17.9 Å². The molecule has 0 bridgehead atoms. The summed E-state index contributed by atoms with van der Waals surface area (Å²) < 4.78 is 16.4. The lowest BCUT2D eigenvalue weighted by atomic mass is 9.77. The van der Waals surface area contributed by atoms with E-state index in [-0.39, 0.29) is 5.97 Å². The summed E-state index contributed by atoms with van der Waals surface area (Å²) in [6.07, 6.45) is 2.55. The van der Waals surface area contributed by atoms with Crippen molar-refractivity contribution in [3.05, 3.63) is 23.2 Å². The highest BCUT2D eigenvalue weighted by molar-refractivity contribution is 5.77. The van der Waals surface area contributed by atoms with Crippen LogP contribution in [0.4, 0.5) is 0 Å². The van der Waals surface area contributed by atoms with Gasteiger partial charge < -0.3 is 13.9 Å². The molecule has 1 unspecified atom stereocenters. The summed E-state index contributed by atoms with van der Waals surface area (Å²) in [5, 5.41) is 0. The minimum Gasteiger partial charge on any atom is -0.466 e. The van der Waals surface area contributed by atoms with Crippen LogP contribution in [-0.2, 0) is 20.8 Å². The zero-order valence-electron chi connectivity index (χ0n) is 14.8. The van der Waals surface area contributed by atoms with Gasteiger partial charge in [-0.25, -0.2) is 0 Å². The summed E-state index contributed by atoms with van der Waals surface area (Å²) in [6.45, 7) is 9.31. The number of carbonyl (C=O) groups is 1. The molecule has 2 heterocycles. The van der Waals surface area contributed by atoms with Gasteiger partial charge in [-0.05, 0) is 58.2 Å². The van der Waals surface area contributed by atoms with Crippen LogP contribution in [0.25, 0.3) is 0 Å². The lowest BCUT2D eigenvalue weighted by Crippen LogP contribution is -2.48. The van der Waals surface area contributed by atoms with E-state index in [1.807, 2.05) is 13.8 Å². The van der Waals surface area contributed by atoms with E-state index in [1.165, 1.54) is 5.56 Å². The van der Waals surface area contributed by atoms with Gasteiger partial charge in [-0.15, -0.1) is 0 Å². The van der Waals surface area contributed by atoms with Gasteiger partial charge in [-0.1, -0.05) is 0 Å². The number of piperidine rings is 1. The maximum atomic E-state index is 12.6. The number of hydrogen-bond donors (Lipinski definition) is 0. The van der Waals surface area contributed by atoms with Crippen molar-refractivity contribution >= 4 is 5.97 Å². The fraction of sp³-hybridized carbons (Fsp3) is 0.722. The topological polar surface area (TPSA) is 51.9 Å². The Hall–Kier alpha value is -1.33. The molecule has 1 fully saturated rings. The number of carbonyl (C=O) groups excluding carboxylic acids is 1. The monoisotopic (exact) mass is 323 g/mol. The van der Waals surface area contributed by atoms with E-state index in [4.69, 9.17) is 13.9 Å². The molecule has 1 aliphatic heterocycles. The predicted molar refractivity (Wildman–Crippen MR) is 88.3 cm³/mol. The SMILES string of the molecule is CCOC(=O)C1(CCOC)CCCN(Cc2cc(C)c(C)o2)C1. The normalized spacial score (nSPS) is 22.3. The number of hydrogen-bond acceptors (Lipinski definition) is 5. The Morgan fingerprint density at radius 3 is 2.83 bits per heavy atom. The Kier molecular flexibility index (Phi) is 6.25. The highest BCUT2D eigenvalue weighted by Gasteiger charge is 2.43. The van der Waals surface area contributed by atoms with Crippen molar-refractivity contribution < 1.29 is 18.7 Å². The highest BCUT2D eigenvalue weighted by atomic mass is 16.5. The van der Waals surface area contributed by atoms with Gasteiger partial charge in [0, 0.05) is 20.3 Å². The van der Waals surface area contributed by atoms with Crippen LogP contribution < -0.4 is 0 Å². The van der Waals surface area contributed by atoms with Crippen molar-refractivity contribution in [2.45, 2.75) is 46.6 Å². The van der Waals surface area contributed by atoms with Crippen LogP contribution in [0.2, 0.25) is 0 Å². The smallest absolute Gasteiger partial charge is 0.313 e. The first-order valence-corrected chi connectivity index (χ1v) is 8.45. The van der Waals surface area contributed by atoms with E-state index in [0.29, 0.717) is 26.2 Å². The average Bonchev–Trinajstić information content (AvgIpc) is 2.83. The van der Waals surface area contributed by atoms with Crippen LogP contribution in [0.1, 0.15) is 43.3 Å². The van der Waals surface area contributed by atoms with Crippen molar-refractivity contribution in [2.75, 3.05) is 33.4 Å². The molecule has 0 aliphatic carbocycles. The zero-order chi connectivity index (χ0) is 16.9. The molecule has 23 heavy (non-hydrogen) atoms. The van der Waals surface area contributed by atoms with Gasteiger partial charge in [0.2, 0.25) is 0 Å². The Morgan fingerprint density at radius 2 is 2.22 bits per heavy atom. The zero-order valence-corrected chi connectivity index (χ0v) is 14.8. The molecular weight excluding hydrogens is 294 g/mol. The number of aryl methyl sites for hydroxylation is 2. The van der Waals surface area contributed by atoms with Crippen molar-refractivity contribution in [3.63, 3.8) is 0 Å². The van der Waals surface area contributed by atoms with E-state index in [9.17, 15) is 4.79 Å². The van der Waals surface area contributed by atoms with Gasteiger partial charge in [-0.3, -0.25) is 9.69 Å². The number of ether oxygens (including phenoxy) is 2. The molecule has 5 heteroatoms.